The molecule has 0 radical (unpaired) electrons. The second-order valence-corrected chi connectivity index (χ2v) is 6.90. The van der Waals surface area contributed by atoms with Gasteiger partial charge in [-0.1, -0.05) is 26.0 Å². The fourth-order valence-electron chi connectivity index (χ4n) is 3.52. The Morgan fingerprint density at radius 3 is 2.78 bits per heavy atom. The van der Waals surface area contributed by atoms with Crippen LogP contribution in [0.4, 0.5) is 10.1 Å². The van der Waals surface area contributed by atoms with Crippen molar-refractivity contribution in [1.29, 1.82) is 0 Å². The zero-order chi connectivity index (χ0) is 16.8. The molecule has 4 nitrogen and oxygen atoms in total. The van der Waals surface area contributed by atoms with Crippen molar-refractivity contribution in [1.82, 2.24) is 9.78 Å². The maximum Gasteiger partial charge on any atom is 0.262 e. The average molecular weight is 315 g/mol. The number of hydrogen-bond donors (Lipinski definition) is 1. The zero-order valence-corrected chi connectivity index (χ0v) is 14.0. The van der Waals surface area contributed by atoms with Gasteiger partial charge >= 0.3 is 0 Å². The van der Waals surface area contributed by atoms with Crippen LogP contribution in [0, 0.1) is 12.9 Å². The van der Waals surface area contributed by atoms with Gasteiger partial charge in [0.1, 0.15) is 5.56 Å². The van der Waals surface area contributed by atoms with Gasteiger partial charge in [0.25, 0.3) is 5.91 Å². The number of anilines is 1. The molecule has 0 fully saturated rings. The van der Waals surface area contributed by atoms with E-state index in [1.165, 1.54) is 18.2 Å². The predicted molar refractivity (Wildman–Crippen MR) is 88.3 cm³/mol. The van der Waals surface area contributed by atoms with E-state index in [1.807, 2.05) is 12.1 Å². The van der Waals surface area contributed by atoms with Gasteiger partial charge in [0.15, 0.2) is 0 Å². The van der Waals surface area contributed by atoms with Crippen molar-refractivity contribution < 1.29 is 9.18 Å². The van der Waals surface area contributed by atoms with Crippen molar-refractivity contribution in [3.05, 3.63) is 46.5 Å². The minimum absolute atomic E-state index is 0.0140. The standard InChI is InChI=1S/C18H22FN3O/c1-11-15(16(19)22(4)21-11)17(23)20-14-9-5-8-13-12(14)7-6-10-18(13,2)3/h5,8-9H,6-7,10H2,1-4H3,(H,20,23). The molecule has 3 rings (SSSR count). The number of halogens is 1. The molecule has 0 saturated carbocycles. The van der Waals surface area contributed by atoms with Gasteiger partial charge in [-0.05, 0) is 48.8 Å². The number of nitrogens with zero attached hydrogens (tertiary/aromatic N) is 2. The van der Waals surface area contributed by atoms with Crippen molar-refractivity contribution in [3.63, 3.8) is 0 Å². The SMILES string of the molecule is Cc1nn(C)c(F)c1C(=O)Nc1cccc2c1CCCC2(C)C. The number of rotatable bonds is 2. The third-order valence-corrected chi connectivity index (χ3v) is 4.76. The van der Waals surface area contributed by atoms with Crippen LogP contribution in [-0.4, -0.2) is 15.7 Å². The van der Waals surface area contributed by atoms with Crippen molar-refractivity contribution in [2.45, 2.75) is 45.4 Å². The summed E-state index contributed by atoms with van der Waals surface area (Å²) in [4.78, 5) is 12.5. The molecule has 0 aliphatic heterocycles. The highest BCUT2D eigenvalue weighted by Crippen LogP contribution is 2.39. The summed E-state index contributed by atoms with van der Waals surface area (Å²) < 4.78 is 15.2. The van der Waals surface area contributed by atoms with Crippen molar-refractivity contribution >= 4 is 11.6 Å². The average Bonchev–Trinajstić information content (AvgIpc) is 2.72. The third-order valence-electron chi connectivity index (χ3n) is 4.76. The summed E-state index contributed by atoms with van der Waals surface area (Å²) >= 11 is 0. The first-order valence-corrected chi connectivity index (χ1v) is 7.94. The fraction of sp³-hybridized carbons (Fsp3) is 0.444. The van der Waals surface area contributed by atoms with Crippen molar-refractivity contribution in [3.8, 4) is 0 Å². The molecular weight excluding hydrogens is 293 g/mol. The van der Waals surface area contributed by atoms with Crippen LogP contribution in [0.15, 0.2) is 18.2 Å². The topological polar surface area (TPSA) is 46.9 Å². The molecule has 0 bridgehead atoms. The Hall–Kier alpha value is -2.17. The van der Waals surface area contributed by atoms with Gasteiger partial charge in [0.05, 0.1) is 5.69 Å². The Balaban J connectivity index is 1.97. The molecule has 1 aromatic heterocycles. The molecule has 122 valence electrons. The molecule has 2 aromatic rings. The first-order chi connectivity index (χ1) is 10.8. The number of aryl methyl sites for hydroxylation is 2. The van der Waals surface area contributed by atoms with E-state index >= 15 is 0 Å². The predicted octanol–water partition coefficient (Wildman–Crippen LogP) is 3.73. The smallest absolute Gasteiger partial charge is 0.262 e. The van der Waals surface area contributed by atoms with E-state index < -0.39 is 11.9 Å². The molecule has 1 N–H and O–H groups in total. The van der Waals surface area contributed by atoms with E-state index in [0.717, 1.165) is 29.6 Å². The molecule has 0 unspecified atom stereocenters. The van der Waals surface area contributed by atoms with Crippen LogP contribution >= 0.6 is 0 Å². The summed E-state index contributed by atoms with van der Waals surface area (Å²) in [5.74, 6) is -1.05. The number of carbonyl (C=O) groups excluding carboxylic acids is 1. The second kappa shape index (κ2) is 5.48. The zero-order valence-electron chi connectivity index (χ0n) is 14.0. The first kappa shape index (κ1) is 15.7. The summed E-state index contributed by atoms with van der Waals surface area (Å²) in [7, 11) is 1.49. The first-order valence-electron chi connectivity index (χ1n) is 7.94. The molecule has 1 aliphatic rings. The normalized spacial score (nSPS) is 16.0. The van der Waals surface area contributed by atoms with Crippen LogP contribution in [0.3, 0.4) is 0 Å². The van der Waals surface area contributed by atoms with Crippen LogP contribution in [0.5, 0.6) is 0 Å². The number of hydrogen-bond acceptors (Lipinski definition) is 2. The van der Waals surface area contributed by atoms with Gasteiger partial charge in [-0.2, -0.15) is 9.49 Å². The number of benzene rings is 1. The van der Waals surface area contributed by atoms with Gasteiger partial charge in [0, 0.05) is 12.7 Å². The lowest BCUT2D eigenvalue weighted by atomic mass is 9.72. The quantitative estimate of drug-likeness (QED) is 0.918. The van der Waals surface area contributed by atoms with Crippen LogP contribution in [0.2, 0.25) is 0 Å². The van der Waals surface area contributed by atoms with E-state index in [-0.39, 0.29) is 11.0 Å². The van der Waals surface area contributed by atoms with Crippen LogP contribution < -0.4 is 5.32 Å². The lowest BCUT2D eigenvalue weighted by Crippen LogP contribution is -2.25. The van der Waals surface area contributed by atoms with Gasteiger partial charge in [-0.3, -0.25) is 4.79 Å². The van der Waals surface area contributed by atoms with Gasteiger partial charge in [-0.25, -0.2) is 4.68 Å². The van der Waals surface area contributed by atoms with Crippen LogP contribution in [0.1, 0.15) is 53.9 Å². The van der Waals surface area contributed by atoms with Gasteiger partial charge in [-0.15, -0.1) is 0 Å². The van der Waals surface area contributed by atoms with E-state index in [0.29, 0.717) is 5.69 Å². The Morgan fingerprint density at radius 1 is 1.39 bits per heavy atom. The highest BCUT2D eigenvalue weighted by molar-refractivity contribution is 6.05. The molecule has 1 aliphatic carbocycles. The molecule has 1 heterocycles. The summed E-state index contributed by atoms with van der Waals surface area (Å²) in [6.45, 7) is 6.09. The maximum absolute atomic E-state index is 14.1. The van der Waals surface area contributed by atoms with Crippen molar-refractivity contribution in [2.75, 3.05) is 5.32 Å². The number of nitrogens with one attached hydrogen (secondary N) is 1. The molecule has 5 heteroatoms. The largest absolute Gasteiger partial charge is 0.322 e. The molecule has 1 amide bonds. The van der Waals surface area contributed by atoms with Crippen LogP contribution in [-0.2, 0) is 18.9 Å². The lowest BCUT2D eigenvalue weighted by Gasteiger charge is -2.33. The van der Waals surface area contributed by atoms with Crippen LogP contribution in [0.25, 0.3) is 0 Å². The summed E-state index contributed by atoms with van der Waals surface area (Å²) in [5.41, 5.74) is 3.73. The number of carbonyl (C=O) groups is 1. The number of amides is 1. The molecule has 0 atom stereocenters. The van der Waals surface area contributed by atoms with Gasteiger partial charge in [0.2, 0.25) is 5.95 Å². The number of aromatic nitrogens is 2. The van der Waals surface area contributed by atoms with E-state index in [2.05, 4.69) is 30.3 Å². The highest BCUT2D eigenvalue weighted by atomic mass is 19.1. The maximum atomic E-state index is 14.1. The Bertz CT molecular complexity index is 777. The van der Waals surface area contributed by atoms with E-state index in [4.69, 9.17) is 0 Å². The lowest BCUT2D eigenvalue weighted by molar-refractivity contribution is 0.102. The number of fused-ring (bicyclic) bond motifs is 1. The summed E-state index contributed by atoms with van der Waals surface area (Å²) in [6, 6.07) is 5.97. The van der Waals surface area contributed by atoms with Crippen molar-refractivity contribution in [2.24, 2.45) is 7.05 Å². The molecule has 0 saturated heterocycles. The molecule has 1 aromatic carbocycles. The minimum Gasteiger partial charge on any atom is -0.322 e. The Morgan fingerprint density at radius 2 is 2.13 bits per heavy atom. The molecule has 23 heavy (non-hydrogen) atoms. The summed E-state index contributed by atoms with van der Waals surface area (Å²) in [5, 5.41) is 6.85. The third kappa shape index (κ3) is 2.64. The second-order valence-electron chi connectivity index (χ2n) is 6.90. The Kier molecular flexibility index (Phi) is 3.74. The van der Waals surface area contributed by atoms with Gasteiger partial charge < -0.3 is 5.32 Å². The highest BCUT2D eigenvalue weighted by Gasteiger charge is 2.29. The fourth-order valence-corrected chi connectivity index (χ4v) is 3.52. The minimum atomic E-state index is -0.606. The monoisotopic (exact) mass is 315 g/mol. The molecule has 0 spiro atoms. The Labute approximate surface area is 135 Å². The van der Waals surface area contributed by atoms with E-state index in [9.17, 15) is 9.18 Å². The van der Waals surface area contributed by atoms with E-state index in [1.54, 1.807) is 6.92 Å². The molecular formula is C18H22FN3O. The summed E-state index contributed by atoms with van der Waals surface area (Å²) in [6.07, 6.45) is 3.16.